The molecule has 2 fully saturated rings. The van der Waals surface area contributed by atoms with Crippen LogP contribution in [0.25, 0.3) is 0 Å². The van der Waals surface area contributed by atoms with E-state index in [1.54, 1.807) is 7.11 Å². The van der Waals surface area contributed by atoms with E-state index in [4.69, 9.17) is 4.74 Å². The number of amides is 2. The first kappa shape index (κ1) is 25.5. The van der Waals surface area contributed by atoms with Crippen molar-refractivity contribution in [2.75, 3.05) is 46.4 Å². The maximum atomic E-state index is 13.3. The molecule has 2 aliphatic rings. The highest BCUT2D eigenvalue weighted by Crippen LogP contribution is 2.26. The maximum absolute atomic E-state index is 13.3. The first-order chi connectivity index (χ1) is 16.1. The lowest BCUT2D eigenvalue weighted by Crippen LogP contribution is -2.53. The molecule has 184 valence electrons. The Hall–Kier alpha value is -2.08. The van der Waals surface area contributed by atoms with Gasteiger partial charge in [-0.25, -0.2) is 0 Å². The molecule has 0 bridgehead atoms. The molecular weight excluding hydrogens is 414 g/mol. The van der Waals surface area contributed by atoms with Crippen LogP contribution < -0.4 is 4.74 Å². The molecule has 1 heterocycles. The summed E-state index contributed by atoms with van der Waals surface area (Å²) in [4.78, 5) is 32.6. The van der Waals surface area contributed by atoms with Crippen molar-refractivity contribution in [2.45, 2.75) is 77.2 Å². The summed E-state index contributed by atoms with van der Waals surface area (Å²) in [6.45, 7) is 9.47. The summed E-state index contributed by atoms with van der Waals surface area (Å²) in [6, 6.07) is 8.62. The Balaban J connectivity index is 1.43. The molecule has 3 rings (SSSR count). The third-order valence-electron chi connectivity index (χ3n) is 7.36. The van der Waals surface area contributed by atoms with E-state index in [1.807, 2.05) is 34.1 Å². The van der Waals surface area contributed by atoms with E-state index in [1.165, 1.54) is 19.3 Å². The Labute approximate surface area is 200 Å². The number of carbonyl (C=O) groups is 2. The Kier molecular flexibility index (Phi) is 10.0. The molecule has 2 amide bonds. The number of piperazine rings is 1. The first-order valence-electron chi connectivity index (χ1n) is 13.0. The van der Waals surface area contributed by atoms with Gasteiger partial charge in [-0.15, -0.1) is 0 Å². The summed E-state index contributed by atoms with van der Waals surface area (Å²) in [7, 11) is 1.65. The third-order valence-corrected chi connectivity index (χ3v) is 7.36. The Bertz CT molecular complexity index is 739. The van der Waals surface area contributed by atoms with Crippen LogP contribution in [0.3, 0.4) is 0 Å². The van der Waals surface area contributed by atoms with E-state index in [-0.39, 0.29) is 17.7 Å². The molecular formula is C27H43N3O3. The fraction of sp³-hybridized carbons (Fsp3) is 0.704. The molecule has 6 nitrogen and oxygen atoms in total. The highest BCUT2D eigenvalue weighted by Gasteiger charge is 2.29. The van der Waals surface area contributed by atoms with Crippen LogP contribution in [0.1, 0.15) is 76.7 Å². The van der Waals surface area contributed by atoms with Gasteiger partial charge >= 0.3 is 0 Å². The molecule has 0 radical (unpaired) electrons. The lowest BCUT2D eigenvalue weighted by molar-refractivity contribution is -0.133. The van der Waals surface area contributed by atoms with Crippen molar-refractivity contribution in [3.8, 4) is 5.75 Å². The lowest BCUT2D eigenvalue weighted by atomic mass is 9.91. The second kappa shape index (κ2) is 13.0. The molecule has 1 saturated carbocycles. The van der Waals surface area contributed by atoms with Crippen LogP contribution >= 0.6 is 0 Å². The molecule has 1 aromatic rings. The van der Waals surface area contributed by atoms with Gasteiger partial charge in [0, 0.05) is 51.7 Å². The lowest BCUT2D eigenvalue weighted by Gasteiger charge is -2.43. The minimum atomic E-state index is -0.129. The van der Waals surface area contributed by atoms with Crippen LogP contribution in [-0.4, -0.2) is 78.9 Å². The topological polar surface area (TPSA) is 53.1 Å². The zero-order valence-corrected chi connectivity index (χ0v) is 20.9. The van der Waals surface area contributed by atoms with E-state index < -0.39 is 0 Å². The second-order valence-electron chi connectivity index (χ2n) is 9.52. The summed E-state index contributed by atoms with van der Waals surface area (Å²) < 4.78 is 5.25. The first-order valence-corrected chi connectivity index (χ1v) is 13.0. The van der Waals surface area contributed by atoms with E-state index in [0.717, 1.165) is 82.3 Å². The predicted octanol–water partition coefficient (Wildman–Crippen LogP) is 4.29. The van der Waals surface area contributed by atoms with E-state index in [0.29, 0.717) is 6.42 Å². The van der Waals surface area contributed by atoms with Gasteiger partial charge in [0.1, 0.15) is 5.75 Å². The van der Waals surface area contributed by atoms with Crippen LogP contribution in [0, 0.1) is 0 Å². The molecule has 1 aliphatic carbocycles. The number of ether oxygens (including phenoxy) is 1. The molecule has 0 spiro atoms. The molecule has 0 aromatic heterocycles. The van der Waals surface area contributed by atoms with E-state index >= 15 is 0 Å². The van der Waals surface area contributed by atoms with Crippen molar-refractivity contribution in [3.63, 3.8) is 0 Å². The highest BCUT2D eigenvalue weighted by atomic mass is 16.5. The average molecular weight is 458 g/mol. The molecule has 1 atom stereocenters. The Morgan fingerprint density at radius 1 is 1.03 bits per heavy atom. The number of nitrogens with zero attached hydrogens (tertiary/aromatic N) is 3. The summed E-state index contributed by atoms with van der Waals surface area (Å²) >= 11 is 0. The zero-order valence-electron chi connectivity index (χ0n) is 20.9. The highest BCUT2D eigenvalue weighted by molar-refractivity contribution is 5.83. The molecule has 6 heteroatoms. The monoisotopic (exact) mass is 457 g/mol. The van der Waals surface area contributed by atoms with Gasteiger partial charge in [-0.1, -0.05) is 32.4 Å². The third kappa shape index (κ3) is 6.95. The van der Waals surface area contributed by atoms with Gasteiger partial charge in [-0.2, -0.15) is 0 Å². The molecule has 1 saturated heterocycles. The van der Waals surface area contributed by atoms with E-state index in [2.05, 4.69) is 18.7 Å². The van der Waals surface area contributed by atoms with Crippen LogP contribution in [0.15, 0.2) is 24.3 Å². The van der Waals surface area contributed by atoms with Crippen molar-refractivity contribution in [3.05, 3.63) is 29.8 Å². The van der Waals surface area contributed by atoms with Gasteiger partial charge in [0.05, 0.1) is 13.0 Å². The fourth-order valence-corrected chi connectivity index (χ4v) is 5.04. The SMILES string of the molecule is CCCN(CCCCC(=O)N1CCN(C2CCC2)CC1)C(=O)C(CC)c1ccc(OC)cc1. The maximum Gasteiger partial charge on any atom is 0.230 e. The predicted molar refractivity (Wildman–Crippen MR) is 133 cm³/mol. The second-order valence-corrected chi connectivity index (χ2v) is 9.52. The summed E-state index contributed by atoms with van der Waals surface area (Å²) in [5, 5.41) is 0. The molecule has 1 aromatic carbocycles. The number of carbonyl (C=O) groups excluding carboxylic acids is 2. The summed E-state index contributed by atoms with van der Waals surface area (Å²) in [6.07, 6.45) is 8.04. The number of hydrogen-bond acceptors (Lipinski definition) is 4. The quantitative estimate of drug-likeness (QED) is 0.439. The van der Waals surface area contributed by atoms with Crippen molar-refractivity contribution in [1.82, 2.24) is 14.7 Å². The number of benzene rings is 1. The molecule has 1 aliphatic heterocycles. The van der Waals surface area contributed by atoms with Crippen molar-refractivity contribution < 1.29 is 14.3 Å². The largest absolute Gasteiger partial charge is 0.497 e. The van der Waals surface area contributed by atoms with Crippen molar-refractivity contribution in [2.24, 2.45) is 0 Å². The Morgan fingerprint density at radius 3 is 2.27 bits per heavy atom. The average Bonchev–Trinajstić information content (AvgIpc) is 2.81. The van der Waals surface area contributed by atoms with Gasteiger partial charge in [-0.3, -0.25) is 14.5 Å². The van der Waals surface area contributed by atoms with Crippen LogP contribution in [0.2, 0.25) is 0 Å². The van der Waals surface area contributed by atoms with Crippen LogP contribution in [-0.2, 0) is 9.59 Å². The molecule has 33 heavy (non-hydrogen) atoms. The zero-order chi connectivity index (χ0) is 23.6. The molecule has 0 N–H and O–H groups in total. The number of hydrogen-bond donors (Lipinski definition) is 0. The van der Waals surface area contributed by atoms with Crippen LogP contribution in [0.4, 0.5) is 0 Å². The van der Waals surface area contributed by atoms with Gasteiger partial charge in [-0.05, 0) is 56.2 Å². The van der Waals surface area contributed by atoms with Crippen molar-refractivity contribution in [1.29, 1.82) is 0 Å². The van der Waals surface area contributed by atoms with E-state index in [9.17, 15) is 9.59 Å². The standard InChI is InChI=1S/C27H43N3O3/c1-4-16-30(27(32)25(5-2)22-12-14-24(33-3)15-13-22)17-7-6-11-26(31)29-20-18-28(19-21-29)23-9-8-10-23/h12-15,23,25H,4-11,16-21H2,1-3H3. The summed E-state index contributed by atoms with van der Waals surface area (Å²) in [5.74, 6) is 1.15. The van der Waals surface area contributed by atoms with Gasteiger partial charge in [0.15, 0.2) is 0 Å². The summed E-state index contributed by atoms with van der Waals surface area (Å²) in [5.41, 5.74) is 1.04. The van der Waals surface area contributed by atoms with Gasteiger partial charge < -0.3 is 14.5 Å². The Morgan fingerprint density at radius 2 is 1.73 bits per heavy atom. The van der Waals surface area contributed by atoms with Gasteiger partial charge in [0.25, 0.3) is 0 Å². The van der Waals surface area contributed by atoms with Crippen molar-refractivity contribution >= 4 is 11.8 Å². The normalized spacial score (nSPS) is 18.0. The smallest absolute Gasteiger partial charge is 0.230 e. The number of methoxy groups -OCH3 is 1. The number of unbranched alkanes of at least 4 members (excludes halogenated alkanes) is 1. The van der Waals surface area contributed by atoms with Crippen LogP contribution in [0.5, 0.6) is 5.75 Å². The minimum absolute atomic E-state index is 0.129. The van der Waals surface area contributed by atoms with Gasteiger partial charge in [0.2, 0.25) is 11.8 Å². The molecule has 1 unspecified atom stereocenters. The number of rotatable bonds is 12. The fourth-order valence-electron chi connectivity index (χ4n) is 5.04. The minimum Gasteiger partial charge on any atom is -0.497 e.